The van der Waals surface area contributed by atoms with E-state index >= 15 is 0 Å². The molecule has 0 radical (unpaired) electrons. The van der Waals surface area contributed by atoms with Gasteiger partial charge in [-0.15, -0.1) is 0 Å². The van der Waals surface area contributed by atoms with Crippen LogP contribution in [0.2, 0.25) is 0 Å². The lowest BCUT2D eigenvalue weighted by molar-refractivity contribution is -0.138. The van der Waals surface area contributed by atoms with Gasteiger partial charge in [-0.25, -0.2) is 9.67 Å². The molecule has 1 amide bonds. The number of carbonyl (C=O) groups is 2. The van der Waals surface area contributed by atoms with Crippen LogP contribution in [0.3, 0.4) is 0 Å². The summed E-state index contributed by atoms with van der Waals surface area (Å²) in [6.45, 7) is 0.697. The number of ether oxygens (including phenoxy) is 1. The Hall–Kier alpha value is -4.21. The van der Waals surface area contributed by atoms with Crippen molar-refractivity contribution in [3.63, 3.8) is 0 Å². The summed E-state index contributed by atoms with van der Waals surface area (Å²) in [7, 11) is 0. The van der Waals surface area contributed by atoms with Crippen LogP contribution in [-0.2, 0) is 16.1 Å². The first-order valence-corrected chi connectivity index (χ1v) is 10.9. The van der Waals surface area contributed by atoms with Crippen molar-refractivity contribution in [2.45, 2.75) is 25.4 Å². The van der Waals surface area contributed by atoms with Crippen molar-refractivity contribution in [3.8, 4) is 16.9 Å². The molecule has 1 aromatic heterocycles. The van der Waals surface area contributed by atoms with Gasteiger partial charge in [0.1, 0.15) is 37.4 Å². The second-order valence-electron chi connectivity index (χ2n) is 8.32. The number of carboxylic acid groups (broad SMARTS) is 1. The van der Waals surface area contributed by atoms with Crippen molar-refractivity contribution in [2.24, 2.45) is 11.7 Å². The van der Waals surface area contributed by atoms with Crippen LogP contribution in [-0.4, -0.2) is 61.7 Å². The topological polar surface area (TPSA) is 147 Å². The van der Waals surface area contributed by atoms with Crippen molar-refractivity contribution >= 4 is 17.7 Å². The van der Waals surface area contributed by atoms with Crippen LogP contribution in [0.4, 0.5) is 0 Å². The molecule has 3 aromatic rings. The third-order valence-electron chi connectivity index (χ3n) is 5.87. The standard InChI is InChI=1S/C24H26N6O4/c25-24(26)19-3-1-17(2-4-19)18-5-7-21(8-6-18)34-13-20-9-16(10-23(32)33)11-30(20)22(31)12-29-15-27-14-28-29/h1-8,14-16,20H,9-13H2,(H3,25,26)(H,32,33)/t16-,20-/m0/s1. The fraction of sp³-hybridized carbons (Fsp3) is 0.292. The highest BCUT2D eigenvalue weighted by atomic mass is 16.5. The molecule has 2 atom stereocenters. The van der Waals surface area contributed by atoms with E-state index in [0.717, 1.165) is 11.1 Å². The Morgan fingerprint density at radius 2 is 1.79 bits per heavy atom. The van der Waals surface area contributed by atoms with Crippen LogP contribution < -0.4 is 10.5 Å². The first-order chi connectivity index (χ1) is 16.4. The van der Waals surface area contributed by atoms with E-state index in [2.05, 4.69) is 10.1 Å². The summed E-state index contributed by atoms with van der Waals surface area (Å²) in [5.41, 5.74) is 8.17. The first kappa shape index (κ1) is 23.0. The average Bonchev–Trinajstić information content (AvgIpc) is 3.47. The van der Waals surface area contributed by atoms with E-state index in [1.807, 2.05) is 36.4 Å². The molecule has 4 N–H and O–H groups in total. The number of amidine groups is 1. The maximum Gasteiger partial charge on any atom is 0.303 e. The number of aliphatic carboxylic acids is 1. The average molecular weight is 463 g/mol. The zero-order valence-corrected chi connectivity index (χ0v) is 18.5. The van der Waals surface area contributed by atoms with Gasteiger partial charge < -0.3 is 20.5 Å². The lowest BCUT2D eigenvalue weighted by Crippen LogP contribution is -2.41. The zero-order valence-electron chi connectivity index (χ0n) is 18.5. The molecule has 0 aliphatic carbocycles. The summed E-state index contributed by atoms with van der Waals surface area (Å²) in [5, 5.41) is 20.7. The number of hydrogen-bond donors (Lipinski definition) is 3. The molecule has 1 aliphatic rings. The summed E-state index contributed by atoms with van der Waals surface area (Å²) >= 11 is 0. The summed E-state index contributed by atoms with van der Waals surface area (Å²) in [6, 6.07) is 14.8. The molecule has 10 heteroatoms. The third-order valence-corrected chi connectivity index (χ3v) is 5.87. The summed E-state index contributed by atoms with van der Waals surface area (Å²) in [5.74, 6) is -0.444. The second-order valence-corrected chi connectivity index (χ2v) is 8.32. The minimum atomic E-state index is -0.873. The fourth-order valence-corrected chi connectivity index (χ4v) is 4.19. The molecule has 0 unspecified atom stereocenters. The highest BCUT2D eigenvalue weighted by Gasteiger charge is 2.36. The van der Waals surface area contributed by atoms with Gasteiger partial charge in [0.25, 0.3) is 0 Å². The minimum absolute atomic E-state index is 0.0146. The summed E-state index contributed by atoms with van der Waals surface area (Å²) < 4.78 is 7.43. The van der Waals surface area contributed by atoms with Gasteiger partial charge in [-0.1, -0.05) is 36.4 Å². The van der Waals surface area contributed by atoms with Crippen molar-refractivity contribution < 1.29 is 19.4 Å². The van der Waals surface area contributed by atoms with Gasteiger partial charge >= 0.3 is 5.97 Å². The molecule has 176 valence electrons. The van der Waals surface area contributed by atoms with Gasteiger partial charge in [0.2, 0.25) is 5.91 Å². The highest BCUT2D eigenvalue weighted by molar-refractivity contribution is 5.95. The molecule has 0 spiro atoms. The third kappa shape index (κ3) is 5.58. The van der Waals surface area contributed by atoms with Crippen LogP contribution in [0.25, 0.3) is 11.1 Å². The lowest BCUT2D eigenvalue weighted by atomic mass is 10.0. The number of nitrogen functional groups attached to an aromatic ring is 1. The predicted octanol–water partition coefficient (Wildman–Crippen LogP) is 2.00. The van der Waals surface area contributed by atoms with E-state index < -0.39 is 5.97 Å². The number of nitrogens with two attached hydrogens (primary N) is 1. The zero-order chi connectivity index (χ0) is 24.1. The Bertz CT molecular complexity index is 1150. The van der Waals surface area contributed by atoms with Crippen LogP contribution in [0.1, 0.15) is 18.4 Å². The van der Waals surface area contributed by atoms with E-state index in [4.69, 9.17) is 15.9 Å². The number of nitrogens with zero attached hydrogens (tertiary/aromatic N) is 4. The van der Waals surface area contributed by atoms with Gasteiger partial charge in [0, 0.05) is 18.5 Å². The Labute approximate surface area is 196 Å². The normalized spacial score (nSPS) is 17.5. The molecule has 34 heavy (non-hydrogen) atoms. The van der Waals surface area contributed by atoms with Gasteiger partial charge in [0.15, 0.2) is 0 Å². The summed E-state index contributed by atoms with van der Waals surface area (Å²) in [4.78, 5) is 29.6. The number of nitrogens with one attached hydrogen (secondary N) is 1. The number of likely N-dealkylation sites (tertiary alicyclic amines) is 1. The monoisotopic (exact) mass is 462 g/mol. The quantitative estimate of drug-likeness (QED) is 0.325. The summed E-state index contributed by atoms with van der Waals surface area (Å²) in [6.07, 6.45) is 3.42. The molecule has 2 aromatic carbocycles. The van der Waals surface area contributed by atoms with Crippen LogP contribution in [0, 0.1) is 11.3 Å². The van der Waals surface area contributed by atoms with E-state index in [1.165, 1.54) is 17.3 Å². The lowest BCUT2D eigenvalue weighted by Gasteiger charge is -2.24. The van der Waals surface area contributed by atoms with E-state index in [1.54, 1.807) is 17.0 Å². The second kappa shape index (κ2) is 10.2. The maximum atomic E-state index is 12.8. The Morgan fingerprint density at radius 3 is 2.38 bits per heavy atom. The van der Waals surface area contributed by atoms with Crippen molar-refractivity contribution in [1.29, 1.82) is 5.41 Å². The van der Waals surface area contributed by atoms with Crippen molar-refractivity contribution in [1.82, 2.24) is 19.7 Å². The van der Waals surface area contributed by atoms with Crippen LogP contribution >= 0.6 is 0 Å². The van der Waals surface area contributed by atoms with Crippen molar-refractivity contribution in [3.05, 3.63) is 66.7 Å². The van der Waals surface area contributed by atoms with Gasteiger partial charge in [0.05, 0.1) is 6.04 Å². The SMILES string of the molecule is N=C(N)c1ccc(-c2ccc(OC[C@@H]3C[C@@H](CC(=O)O)CN3C(=O)Cn3cncn3)cc2)cc1. The molecule has 1 fully saturated rings. The fourth-order valence-electron chi connectivity index (χ4n) is 4.19. The van der Waals surface area contributed by atoms with Crippen LogP contribution in [0.15, 0.2) is 61.2 Å². The Morgan fingerprint density at radius 1 is 1.12 bits per heavy atom. The minimum Gasteiger partial charge on any atom is -0.491 e. The number of carbonyl (C=O) groups excluding carboxylic acids is 1. The number of rotatable bonds is 9. The van der Waals surface area contributed by atoms with E-state index in [-0.39, 0.29) is 43.3 Å². The number of aromatic nitrogens is 3. The molecular weight excluding hydrogens is 436 g/mol. The molecule has 0 bridgehead atoms. The van der Waals surface area contributed by atoms with E-state index in [9.17, 15) is 14.7 Å². The molecule has 0 saturated carbocycles. The van der Waals surface area contributed by atoms with Gasteiger partial charge in [-0.05, 0) is 35.6 Å². The molecule has 1 saturated heterocycles. The molecule has 2 heterocycles. The smallest absolute Gasteiger partial charge is 0.303 e. The number of benzene rings is 2. The molecule has 4 rings (SSSR count). The maximum absolute atomic E-state index is 12.8. The Balaban J connectivity index is 1.39. The largest absolute Gasteiger partial charge is 0.491 e. The molecule has 1 aliphatic heterocycles. The van der Waals surface area contributed by atoms with E-state index in [0.29, 0.717) is 24.3 Å². The van der Waals surface area contributed by atoms with Gasteiger partial charge in [-0.3, -0.25) is 15.0 Å². The predicted molar refractivity (Wildman–Crippen MR) is 124 cm³/mol. The van der Waals surface area contributed by atoms with Crippen molar-refractivity contribution in [2.75, 3.05) is 13.2 Å². The first-order valence-electron chi connectivity index (χ1n) is 10.9. The van der Waals surface area contributed by atoms with Crippen LogP contribution in [0.5, 0.6) is 5.75 Å². The van der Waals surface area contributed by atoms with Gasteiger partial charge in [-0.2, -0.15) is 5.10 Å². The number of hydrogen-bond acceptors (Lipinski definition) is 6. The number of amides is 1. The number of carboxylic acids is 1. The molecule has 10 nitrogen and oxygen atoms in total. The highest BCUT2D eigenvalue weighted by Crippen LogP contribution is 2.28. The molecular formula is C24H26N6O4. The Kier molecular flexibility index (Phi) is 6.86.